The average Bonchev–Trinajstić information content (AvgIpc) is 3.34. The number of hydrogen-bond donors (Lipinski definition) is 3. The summed E-state index contributed by atoms with van der Waals surface area (Å²) in [5, 5.41) is 14.9. The molecule has 0 radical (unpaired) electrons. The summed E-state index contributed by atoms with van der Waals surface area (Å²) in [4.78, 5) is 37.8. The molecule has 36 heavy (non-hydrogen) atoms. The number of methoxy groups -OCH3 is 1. The number of carbonyl (C=O) groups is 3. The molecule has 11 heteroatoms. The molecule has 182 valence electrons. The first kappa shape index (κ1) is 25.0. The Bertz CT molecular complexity index is 1500. The largest absolute Gasteiger partial charge is 0.508 e. The van der Waals surface area contributed by atoms with E-state index in [1.54, 1.807) is 42.5 Å². The van der Waals surface area contributed by atoms with Gasteiger partial charge < -0.3 is 20.5 Å². The normalized spacial score (nSPS) is 11.2. The molecule has 9 nitrogen and oxygen atoms in total. The van der Waals surface area contributed by atoms with E-state index in [0.29, 0.717) is 21.1 Å². The van der Waals surface area contributed by atoms with Crippen LogP contribution >= 0.6 is 27.7 Å². The maximum Gasteiger partial charge on any atom is 0.354 e. The zero-order valence-electron chi connectivity index (χ0n) is 18.8. The highest BCUT2D eigenvalue weighted by Gasteiger charge is 2.18. The van der Waals surface area contributed by atoms with Crippen LogP contribution in [0.5, 0.6) is 5.75 Å². The summed E-state index contributed by atoms with van der Waals surface area (Å²) in [6.45, 7) is 0.225. The fourth-order valence-corrected chi connectivity index (χ4v) is 4.37. The number of esters is 1. The fraction of sp³-hybridized carbons (Fsp3) is 0.0800. The Morgan fingerprint density at radius 2 is 1.83 bits per heavy atom. The predicted octanol–water partition coefficient (Wildman–Crippen LogP) is 4.03. The van der Waals surface area contributed by atoms with Gasteiger partial charge >= 0.3 is 5.97 Å². The number of fused-ring (bicyclic) bond motifs is 1. The van der Waals surface area contributed by atoms with Gasteiger partial charge in [0.2, 0.25) is 0 Å². The van der Waals surface area contributed by atoms with Crippen LogP contribution in [0, 0.1) is 0 Å². The maximum atomic E-state index is 12.9. The topological polar surface area (TPSA) is 131 Å². The molecule has 0 aliphatic carbocycles. The zero-order chi connectivity index (χ0) is 25.7. The molecule has 0 spiro atoms. The van der Waals surface area contributed by atoms with E-state index in [2.05, 4.69) is 35.3 Å². The summed E-state index contributed by atoms with van der Waals surface area (Å²) in [6.07, 6.45) is 1.49. The van der Waals surface area contributed by atoms with Gasteiger partial charge in [-0.15, -0.1) is 0 Å². The third-order valence-corrected chi connectivity index (χ3v) is 6.29. The van der Waals surface area contributed by atoms with Gasteiger partial charge in [0.15, 0.2) is 0 Å². The van der Waals surface area contributed by atoms with Crippen LogP contribution in [-0.2, 0) is 16.1 Å². The number of carbonyl (C=O) groups excluding carboxylic acids is 3. The van der Waals surface area contributed by atoms with Crippen molar-refractivity contribution in [1.29, 1.82) is 0 Å². The standard InChI is InChI=1S/C25H19BrN4O5S/c1-35-25(34)22(11-14-5-8-20-21(10-14)30-36-29-20)28-24(33)18-7-6-16(12-19(18)26)23(32)27-13-15-3-2-4-17(31)9-15/h2-12,31H,13H2,1H3,(H,27,32)(H,28,33). The number of benzene rings is 3. The van der Waals surface area contributed by atoms with Crippen LogP contribution in [0.15, 0.2) is 70.8 Å². The van der Waals surface area contributed by atoms with Crippen molar-refractivity contribution in [2.24, 2.45) is 0 Å². The smallest absolute Gasteiger partial charge is 0.354 e. The van der Waals surface area contributed by atoms with E-state index in [0.717, 1.165) is 22.8 Å². The quantitative estimate of drug-likeness (QED) is 0.227. The maximum absolute atomic E-state index is 12.9. The minimum Gasteiger partial charge on any atom is -0.508 e. The van der Waals surface area contributed by atoms with E-state index >= 15 is 0 Å². The van der Waals surface area contributed by atoms with Gasteiger partial charge in [-0.3, -0.25) is 9.59 Å². The van der Waals surface area contributed by atoms with Gasteiger partial charge in [0.1, 0.15) is 22.5 Å². The molecular formula is C25H19BrN4O5S. The van der Waals surface area contributed by atoms with Crippen molar-refractivity contribution in [1.82, 2.24) is 19.4 Å². The lowest BCUT2D eigenvalue weighted by Gasteiger charge is -2.11. The molecule has 2 amide bonds. The second-order valence-corrected chi connectivity index (χ2v) is 8.95. The number of rotatable bonds is 7. The highest BCUT2D eigenvalue weighted by molar-refractivity contribution is 9.10. The Morgan fingerprint density at radius 1 is 1.03 bits per heavy atom. The summed E-state index contributed by atoms with van der Waals surface area (Å²) in [6, 6.07) is 16.3. The Labute approximate surface area is 218 Å². The summed E-state index contributed by atoms with van der Waals surface area (Å²) < 4.78 is 13.5. The van der Waals surface area contributed by atoms with Gasteiger partial charge in [0, 0.05) is 16.6 Å². The highest BCUT2D eigenvalue weighted by Crippen LogP contribution is 2.21. The van der Waals surface area contributed by atoms with Gasteiger partial charge in [0.25, 0.3) is 11.8 Å². The summed E-state index contributed by atoms with van der Waals surface area (Å²) >= 11 is 4.41. The van der Waals surface area contributed by atoms with Crippen LogP contribution in [0.3, 0.4) is 0 Å². The number of phenolic OH excluding ortho intramolecular Hbond substituents is 1. The van der Waals surface area contributed by atoms with Crippen molar-refractivity contribution < 1.29 is 24.2 Å². The lowest BCUT2D eigenvalue weighted by molar-refractivity contribution is -0.136. The lowest BCUT2D eigenvalue weighted by Crippen LogP contribution is -2.28. The molecule has 0 saturated carbocycles. The number of aromatic nitrogens is 2. The average molecular weight is 567 g/mol. The van der Waals surface area contributed by atoms with E-state index in [9.17, 15) is 19.5 Å². The second kappa shape index (κ2) is 11.1. The molecule has 0 fully saturated rings. The SMILES string of the molecule is COC(=O)C(=Cc1ccc2nsnc2c1)NC(=O)c1ccc(C(=O)NCc2cccc(O)c2)cc1Br. The van der Waals surface area contributed by atoms with Crippen LogP contribution < -0.4 is 10.6 Å². The second-order valence-electron chi connectivity index (χ2n) is 7.56. The van der Waals surface area contributed by atoms with Crippen molar-refractivity contribution in [3.63, 3.8) is 0 Å². The van der Waals surface area contributed by atoms with Gasteiger partial charge in [-0.25, -0.2) is 4.79 Å². The van der Waals surface area contributed by atoms with Crippen molar-refractivity contribution in [2.75, 3.05) is 7.11 Å². The number of ether oxygens (including phenoxy) is 1. The first-order valence-corrected chi connectivity index (χ1v) is 12.1. The van der Waals surface area contributed by atoms with Crippen molar-refractivity contribution >= 4 is 62.6 Å². The van der Waals surface area contributed by atoms with E-state index in [1.807, 2.05) is 0 Å². The molecule has 4 rings (SSSR count). The van der Waals surface area contributed by atoms with Gasteiger partial charge in [0.05, 0.1) is 24.4 Å². The number of nitrogens with one attached hydrogen (secondary N) is 2. The van der Waals surface area contributed by atoms with Crippen LogP contribution in [0.1, 0.15) is 31.8 Å². The minimum absolute atomic E-state index is 0.0649. The van der Waals surface area contributed by atoms with E-state index in [-0.39, 0.29) is 29.5 Å². The van der Waals surface area contributed by atoms with Gasteiger partial charge in [-0.05, 0) is 75.6 Å². The number of halogens is 1. The molecule has 0 unspecified atom stereocenters. The molecule has 0 aliphatic rings. The molecule has 3 aromatic carbocycles. The van der Waals surface area contributed by atoms with E-state index in [4.69, 9.17) is 4.74 Å². The van der Waals surface area contributed by atoms with Gasteiger partial charge in [-0.1, -0.05) is 18.2 Å². The fourth-order valence-electron chi connectivity index (χ4n) is 3.29. The molecular weight excluding hydrogens is 548 g/mol. The molecule has 4 aromatic rings. The van der Waals surface area contributed by atoms with E-state index in [1.165, 1.54) is 31.4 Å². The van der Waals surface area contributed by atoms with Crippen molar-refractivity contribution in [3.8, 4) is 5.75 Å². The van der Waals surface area contributed by atoms with Gasteiger partial charge in [-0.2, -0.15) is 8.75 Å². The molecule has 0 aliphatic heterocycles. The van der Waals surface area contributed by atoms with Crippen molar-refractivity contribution in [2.45, 2.75) is 6.54 Å². The predicted molar refractivity (Wildman–Crippen MR) is 138 cm³/mol. The number of aromatic hydroxyl groups is 1. The molecule has 1 heterocycles. The van der Waals surface area contributed by atoms with Crippen LogP contribution in [0.2, 0.25) is 0 Å². The summed E-state index contributed by atoms with van der Waals surface area (Å²) in [5.41, 5.74) is 3.26. The Morgan fingerprint density at radius 3 is 2.58 bits per heavy atom. The minimum atomic E-state index is -0.723. The van der Waals surface area contributed by atoms with Crippen molar-refractivity contribution in [3.05, 3.63) is 93.1 Å². The monoisotopic (exact) mass is 566 g/mol. The Balaban J connectivity index is 1.49. The molecule has 1 aromatic heterocycles. The number of nitrogens with zero attached hydrogens (tertiary/aromatic N) is 2. The third kappa shape index (κ3) is 5.93. The number of phenols is 1. The van der Waals surface area contributed by atoms with Crippen LogP contribution in [0.25, 0.3) is 17.1 Å². The van der Waals surface area contributed by atoms with Crippen LogP contribution in [-0.4, -0.2) is 38.7 Å². The number of hydrogen-bond acceptors (Lipinski definition) is 8. The summed E-state index contributed by atoms with van der Waals surface area (Å²) in [7, 11) is 1.22. The molecule has 0 bridgehead atoms. The lowest BCUT2D eigenvalue weighted by atomic mass is 10.1. The first-order valence-electron chi connectivity index (χ1n) is 10.5. The molecule has 0 atom stereocenters. The van der Waals surface area contributed by atoms with E-state index < -0.39 is 11.9 Å². The zero-order valence-corrected chi connectivity index (χ0v) is 21.2. The molecule has 3 N–H and O–H groups in total. The van der Waals surface area contributed by atoms with Crippen LogP contribution in [0.4, 0.5) is 0 Å². The summed E-state index contributed by atoms with van der Waals surface area (Å²) in [5.74, 6) is -1.53. The third-order valence-electron chi connectivity index (χ3n) is 5.08. The number of amides is 2. The molecule has 0 saturated heterocycles. The first-order chi connectivity index (χ1) is 17.3. The highest BCUT2D eigenvalue weighted by atomic mass is 79.9. The Hall–Kier alpha value is -4.09. The Kier molecular flexibility index (Phi) is 7.71.